The van der Waals surface area contributed by atoms with Gasteiger partial charge in [-0.2, -0.15) is 9.97 Å². The number of nitrogens with one attached hydrogen (secondary N) is 1. The van der Waals surface area contributed by atoms with Gasteiger partial charge in [0.05, 0.1) is 44.4 Å². The monoisotopic (exact) mass is 793 g/mol. The van der Waals surface area contributed by atoms with Gasteiger partial charge in [0.1, 0.15) is 12.1 Å². The van der Waals surface area contributed by atoms with Gasteiger partial charge in [-0.1, -0.05) is 182 Å². The summed E-state index contributed by atoms with van der Waals surface area (Å²) >= 11 is 0. The first-order valence-electron chi connectivity index (χ1n) is 20.5. The van der Waals surface area contributed by atoms with Gasteiger partial charge in [-0.3, -0.25) is 0 Å². The molecule has 300 valence electrons. The molecule has 9 nitrogen and oxygen atoms in total. The van der Waals surface area contributed by atoms with Crippen molar-refractivity contribution in [3.05, 3.63) is 222 Å². The van der Waals surface area contributed by atoms with E-state index in [1.54, 1.807) is 6.33 Å². The van der Waals surface area contributed by atoms with Gasteiger partial charge in [-0.25, -0.2) is 4.98 Å². The third-order valence-electron chi connectivity index (χ3n) is 11.4. The van der Waals surface area contributed by atoms with E-state index < -0.39 is 17.7 Å². The zero-order chi connectivity index (χ0) is 40.6. The van der Waals surface area contributed by atoms with Crippen LogP contribution in [0.5, 0.6) is 5.88 Å². The first-order chi connectivity index (χ1) is 29.7. The average Bonchev–Trinajstić information content (AvgIpc) is 3.88. The van der Waals surface area contributed by atoms with Crippen LogP contribution in [0.25, 0.3) is 11.2 Å². The minimum atomic E-state index is -0.899. The topological polar surface area (TPSA) is 104 Å². The zero-order valence-electron chi connectivity index (χ0n) is 33.2. The van der Waals surface area contributed by atoms with Crippen LogP contribution < -0.4 is 10.1 Å². The molecule has 60 heavy (non-hydrogen) atoms. The van der Waals surface area contributed by atoms with Crippen molar-refractivity contribution in [3.8, 4) is 5.88 Å². The number of imidazole rings is 1. The van der Waals surface area contributed by atoms with E-state index in [0.717, 1.165) is 33.4 Å². The smallest absolute Gasteiger partial charge is 0.247 e. The highest BCUT2D eigenvalue weighted by Gasteiger charge is 2.45. The number of benzene rings is 6. The fourth-order valence-electron chi connectivity index (χ4n) is 8.36. The van der Waals surface area contributed by atoms with Crippen molar-refractivity contribution in [3.63, 3.8) is 0 Å². The van der Waals surface area contributed by atoms with E-state index >= 15 is 0 Å². The van der Waals surface area contributed by atoms with Crippen LogP contribution in [0.3, 0.4) is 0 Å². The minimum Gasteiger partial charge on any atom is -0.471 e. The van der Waals surface area contributed by atoms with Crippen molar-refractivity contribution in [2.45, 2.75) is 50.0 Å². The Labute approximate surface area is 350 Å². The van der Waals surface area contributed by atoms with Gasteiger partial charge >= 0.3 is 0 Å². The highest BCUT2D eigenvalue weighted by molar-refractivity contribution is 5.78. The molecule has 0 spiro atoms. The van der Waals surface area contributed by atoms with Crippen LogP contribution >= 0.6 is 0 Å². The molecule has 1 aliphatic rings. The summed E-state index contributed by atoms with van der Waals surface area (Å²) in [5.74, 6) is 0.367. The molecule has 0 aliphatic heterocycles. The van der Waals surface area contributed by atoms with Crippen molar-refractivity contribution in [1.29, 1.82) is 0 Å². The number of hydrogen-bond acceptors (Lipinski definition) is 8. The van der Waals surface area contributed by atoms with Crippen LogP contribution in [0.1, 0.15) is 45.8 Å². The summed E-state index contributed by atoms with van der Waals surface area (Å²) in [4.78, 5) is 15.2. The predicted molar refractivity (Wildman–Crippen MR) is 233 cm³/mol. The molecule has 4 atom stereocenters. The maximum absolute atomic E-state index is 12.3. The van der Waals surface area contributed by atoms with Gasteiger partial charge in [0.2, 0.25) is 11.8 Å². The molecule has 1 aliphatic carbocycles. The number of fused-ring (bicyclic) bond motifs is 1. The second-order valence-corrected chi connectivity index (χ2v) is 15.2. The molecule has 2 unspecified atom stereocenters. The molecule has 1 saturated carbocycles. The van der Waals surface area contributed by atoms with Crippen molar-refractivity contribution in [2.24, 2.45) is 5.92 Å². The molecule has 0 amide bonds. The average molecular weight is 794 g/mol. The molecular formula is C51H47N5O4. The number of hydrogen-bond donors (Lipinski definition) is 2. The van der Waals surface area contributed by atoms with Crippen LogP contribution in [-0.4, -0.2) is 43.4 Å². The van der Waals surface area contributed by atoms with E-state index in [0.29, 0.717) is 49.2 Å². The Kier molecular flexibility index (Phi) is 11.7. The van der Waals surface area contributed by atoms with Gasteiger partial charge in [0.15, 0.2) is 11.2 Å². The van der Waals surface area contributed by atoms with Gasteiger partial charge in [-0.15, -0.1) is 0 Å². The number of aromatic nitrogens is 4. The molecule has 2 heterocycles. The Balaban J connectivity index is 1.12. The van der Waals surface area contributed by atoms with Crippen LogP contribution in [0.2, 0.25) is 0 Å². The van der Waals surface area contributed by atoms with Crippen LogP contribution in [-0.2, 0) is 34.8 Å². The molecule has 0 radical (unpaired) electrons. The molecule has 0 bridgehead atoms. The molecule has 2 aromatic heterocycles. The maximum atomic E-state index is 12.3. The zero-order valence-corrected chi connectivity index (χ0v) is 33.2. The lowest BCUT2D eigenvalue weighted by Gasteiger charge is -2.37. The first-order valence-corrected chi connectivity index (χ1v) is 20.5. The van der Waals surface area contributed by atoms with Gasteiger partial charge in [-0.05, 0) is 39.8 Å². The fraction of sp³-hybridized carbons (Fsp3) is 0.196. The van der Waals surface area contributed by atoms with E-state index in [-0.39, 0.29) is 18.6 Å². The SMILES string of the molecule is OC1C(n2cnc3c(OCc4ccccc4)nc(NC(c4ccccc4)(c4ccccc4)c4ccccc4)nc32)C[C@H](OCc2ccccc2)[C@H]1COCc1ccccc1. The van der Waals surface area contributed by atoms with E-state index in [4.69, 9.17) is 29.2 Å². The van der Waals surface area contributed by atoms with E-state index in [9.17, 15) is 5.11 Å². The second kappa shape index (κ2) is 18.1. The Morgan fingerprint density at radius 3 is 1.62 bits per heavy atom. The summed E-state index contributed by atoms with van der Waals surface area (Å²) in [6.45, 7) is 1.45. The lowest BCUT2D eigenvalue weighted by molar-refractivity contribution is -0.0475. The number of aliphatic hydroxyl groups excluding tert-OH is 1. The Hall–Kier alpha value is -6.65. The molecular weight excluding hydrogens is 747 g/mol. The Morgan fingerprint density at radius 2 is 1.08 bits per heavy atom. The number of rotatable bonds is 16. The maximum Gasteiger partial charge on any atom is 0.247 e. The quantitative estimate of drug-likeness (QED) is 0.0934. The van der Waals surface area contributed by atoms with E-state index in [1.165, 1.54) is 0 Å². The lowest BCUT2D eigenvalue weighted by Crippen LogP contribution is -2.38. The molecule has 9 heteroatoms. The van der Waals surface area contributed by atoms with Crippen molar-refractivity contribution >= 4 is 17.1 Å². The highest BCUT2D eigenvalue weighted by atomic mass is 16.5. The third kappa shape index (κ3) is 8.28. The van der Waals surface area contributed by atoms with Gasteiger partial charge in [0.25, 0.3) is 0 Å². The van der Waals surface area contributed by atoms with Crippen LogP contribution in [0, 0.1) is 5.92 Å². The third-order valence-corrected chi connectivity index (χ3v) is 11.4. The van der Waals surface area contributed by atoms with Crippen LogP contribution in [0.15, 0.2) is 188 Å². The standard InChI is InChI=1S/C51H47N5O4/c57-47-43(35-58-32-37-19-7-1-8-20-37)45(59-33-38-21-9-2-10-22-38)31-44(47)56-36-52-46-48(56)53-50(54-49(46)60-34-39-23-11-3-12-24-39)55-51(40-25-13-4-14-26-40,41-27-15-5-16-28-41)42-29-17-6-18-30-42/h1-30,36,43-45,47,57H,31-35H2,(H,53,54,55)/t43-,44?,45+,47?/m1/s1. The summed E-state index contributed by atoms with van der Waals surface area (Å²) in [5, 5.41) is 16.1. The number of nitrogens with zero attached hydrogens (tertiary/aromatic N) is 4. The number of ether oxygens (including phenoxy) is 3. The highest BCUT2D eigenvalue weighted by Crippen LogP contribution is 2.42. The van der Waals surface area contributed by atoms with Gasteiger partial charge < -0.3 is 29.2 Å². The Bertz CT molecular complexity index is 2460. The first kappa shape index (κ1) is 38.8. The largest absolute Gasteiger partial charge is 0.471 e. The fourth-order valence-corrected chi connectivity index (χ4v) is 8.36. The molecule has 9 rings (SSSR count). The van der Waals surface area contributed by atoms with E-state index in [2.05, 4.69) is 53.8 Å². The summed E-state index contributed by atoms with van der Waals surface area (Å²) in [6.07, 6.45) is 1.14. The summed E-state index contributed by atoms with van der Waals surface area (Å²) < 4.78 is 21.4. The van der Waals surface area contributed by atoms with Crippen molar-refractivity contribution in [1.82, 2.24) is 19.5 Å². The Morgan fingerprint density at radius 1 is 0.600 bits per heavy atom. The molecule has 8 aromatic rings. The summed E-state index contributed by atoms with van der Waals surface area (Å²) in [5.41, 5.74) is 6.29. The van der Waals surface area contributed by atoms with Crippen molar-refractivity contribution in [2.75, 3.05) is 11.9 Å². The molecule has 0 saturated heterocycles. The molecule has 1 fully saturated rings. The molecule has 6 aromatic carbocycles. The minimum absolute atomic E-state index is 0.280. The van der Waals surface area contributed by atoms with Crippen LogP contribution in [0.4, 0.5) is 5.95 Å². The number of anilines is 1. The molecule has 2 N–H and O–H groups in total. The van der Waals surface area contributed by atoms with E-state index in [1.807, 2.05) is 138 Å². The summed E-state index contributed by atoms with van der Waals surface area (Å²) in [7, 11) is 0. The van der Waals surface area contributed by atoms with Gasteiger partial charge in [0, 0.05) is 5.92 Å². The summed E-state index contributed by atoms with van der Waals surface area (Å²) in [6, 6.07) is 60.8. The normalized spacial score (nSPS) is 17.8. The predicted octanol–water partition coefficient (Wildman–Crippen LogP) is 9.53. The van der Waals surface area contributed by atoms with Crippen molar-refractivity contribution < 1.29 is 19.3 Å². The number of aliphatic hydroxyl groups is 1. The lowest BCUT2D eigenvalue weighted by atomic mass is 9.77. The second-order valence-electron chi connectivity index (χ2n) is 15.2.